The van der Waals surface area contributed by atoms with Gasteiger partial charge in [0, 0.05) is 60.9 Å². The molecule has 2 saturated heterocycles. The maximum Gasteiger partial charge on any atom is 0.318 e. The van der Waals surface area contributed by atoms with Gasteiger partial charge in [0.2, 0.25) is 5.91 Å². The molecule has 4 heterocycles. The van der Waals surface area contributed by atoms with E-state index in [2.05, 4.69) is 66.4 Å². The Morgan fingerprint density at radius 2 is 1.93 bits per heavy atom. The first-order valence-corrected chi connectivity index (χ1v) is 16.6. The highest BCUT2D eigenvalue weighted by Crippen LogP contribution is 2.39. The second-order valence-corrected chi connectivity index (χ2v) is 13.9. The number of rotatable bonds is 9. The van der Waals surface area contributed by atoms with Crippen LogP contribution in [0.3, 0.4) is 0 Å². The third-order valence-electron chi connectivity index (χ3n) is 9.99. The van der Waals surface area contributed by atoms with E-state index in [1.165, 1.54) is 18.9 Å². The zero-order chi connectivity index (χ0) is 31.3. The highest BCUT2D eigenvalue weighted by molar-refractivity contribution is 6.36. The molecule has 0 radical (unpaired) electrons. The number of ether oxygens (including phenoxy) is 2. The van der Waals surface area contributed by atoms with E-state index in [0.29, 0.717) is 51.5 Å². The number of hydrogen-bond acceptors (Lipinski definition) is 8. The molecule has 238 valence electrons. The molecule has 1 amide bonds. The fourth-order valence-corrected chi connectivity index (χ4v) is 7.56. The minimum Gasteiger partial charge on any atom is -0.463 e. The fraction of sp³-hybridized carbons (Fsp3) is 0.514. The standard InChI is InChI=1S/C35H43ClN6O3/c1-5-31(43)41-16-24(3)42(17-23(41)2)33-27-14-15-40(30-11-7-9-25-8-6-10-28(36)32(25)30)18-29(27)37-34(38-33)45-22-35(20-44-21-35)19-39(4)26-12-13-26/h5-11,23-24,26H,1,12-22H2,2-4H3/t23-,24+/m1/s1. The van der Waals surface area contributed by atoms with Crippen LogP contribution in [0.5, 0.6) is 6.01 Å². The largest absolute Gasteiger partial charge is 0.463 e. The molecule has 2 atom stereocenters. The van der Waals surface area contributed by atoms with E-state index in [1.807, 2.05) is 17.0 Å². The lowest BCUT2D eigenvalue weighted by molar-refractivity contribution is -0.143. The lowest BCUT2D eigenvalue weighted by Crippen LogP contribution is -2.58. The highest BCUT2D eigenvalue weighted by atomic mass is 35.5. The summed E-state index contributed by atoms with van der Waals surface area (Å²) in [7, 11) is 2.21. The number of fused-ring (bicyclic) bond motifs is 2. The van der Waals surface area contributed by atoms with E-state index >= 15 is 0 Å². The summed E-state index contributed by atoms with van der Waals surface area (Å²) in [6.45, 7) is 13.5. The summed E-state index contributed by atoms with van der Waals surface area (Å²) in [4.78, 5) is 31.8. The Labute approximate surface area is 270 Å². The summed E-state index contributed by atoms with van der Waals surface area (Å²) in [5, 5.41) is 2.94. The van der Waals surface area contributed by atoms with Crippen LogP contribution in [0.1, 0.15) is 37.9 Å². The Balaban J connectivity index is 1.21. The summed E-state index contributed by atoms with van der Waals surface area (Å²) in [6.07, 6.45) is 4.74. The summed E-state index contributed by atoms with van der Waals surface area (Å²) < 4.78 is 12.2. The van der Waals surface area contributed by atoms with Gasteiger partial charge >= 0.3 is 6.01 Å². The smallest absolute Gasteiger partial charge is 0.318 e. The minimum atomic E-state index is -0.0546. The van der Waals surface area contributed by atoms with Crippen molar-refractivity contribution in [1.29, 1.82) is 0 Å². The van der Waals surface area contributed by atoms with Crippen molar-refractivity contribution in [2.45, 2.75) is 57.8 Å². The van der Waals surface area contributed by atoms with Crippen LogP contribution >= 0.6 is 11.6 Å². The number of amides is 1. The Morgan fingerprint density at radius 3 is 2.64 bits per heavy atom. The fourth-order valence-electron chi connectivity index (χ4n) is 7.28. The Hall–Kier alpha value is -3.40. The predicted octanol–water partition coefficient (Wildman–Crippen LogP) is 4.95. The normalized spacial score (nSPS) is 22.7. The molecule has 9 nitrogen and oxygen atoms in total. The summed E-state index contributed by atoms with van der Waals surface area (Å²) >= 11 is 6.74. The molecular formula is C35H43ClN6O3. The lowest BCUT2D eigenvalue weighted by Gasteiger charge is -2.45. The van der Waals surface area contributed by atoms with Crippen molar-refractivity contribution in [1.82, 2.24) is 19.8 Å². The van der Waals surface area contributed by atoms with Gasteiger partial charge in [-0.2, -0.15) is 9.97 Å². The maximum atomic E-state index is 12.6. The number of nitrogens with zero attached hydrogens (tertiary/aromatic N) is 6. The molecule has 1 saturated carbocycles. The van der Waals surface area contributed by atoms with Crippen molar-refractivity contribution in [3.63, 3.8) is 0 Å². The molecule has 0 unspecified atom stereocenters. The van der Waals surface area contributed by atoms with E-state index in [4.69, 9.17) is 31.0 Å². The van der Waals surface area contributed by atoms with Crippen molar-refractivity contribution in [3.8, 4) is 6.01 Å². The van der Waals surface area contributed by atoms with Gasteiger partial charge in [-0.1, -0.05) is 42.4 Å². The number of anilines is 2. The van der Waals surface area contributed by atoms with Crippen molar-refractivity contribution >= 4 is 39.8 Å². The van der Waals surface area contributed by atoms with Crippen molar-refractivity contribution in [2.24, 2.45) is 5.41 Å². The average molecular weight is 631 g/mol. The second kappa shape index (κ2) is 12.1. The van der Waals surface area contributed by atoms with Crippen molar-refractivity contribution in [2.75, 3.05) is 62.8 Å². The molecular weight excluding hydrogens is 588 g/mol. The van der Waals surface area contributed by atoms with Gasteiger partial charge in [-0.25, -0.2) is 0 Å². The number of aromatic nitrogens is 2. The summed E-state index contributed by atoms with van der Waals surface area (Å²) in [5.74, 6) is 0.890. The molecule has 3 aliphatic heterocycles. The molecule has 1 aliphatic carbocycles. The third-order valence-corrected chi connectivity index (χ3v) is 10.3. The SMILES string of the molecule is C=CC(=O)N1C[C@H](C)N(c2nc(OCC3(CN(C)C4CC4)COC3)nc3c2CCN(c2cccc4cccc(Cl)c24)C3)C[C@H]1C. The zero-order valence-electron chi connectivity index (χ0n) is 26.5. The van der Waals surface area contributed by atoms with Crippen LogP contribution in [0.15, 0.2) is 49.1 Å². The number of carbonyl (C=O) groups excluding carboxylic acids is 1. The minimum absolute atomic E-state index is 0.0213. The molecule has 0 N–H and O–H groups in total. The quantitative estimate of drug-likeness (QED) is 0.308. The van der Waals surface area contributed by atoms with E-state index in [1.54, 1.807) is 0 Å². The number of piperazine rings is 1. The molecule has 3 fully saturated rings. The monoisotopic (exact) mass is 630 g/mol. The topological polar surface area (TPSA) is 74.3 Å². The Kier molecular flexibility index (Phi) is 8.12. The van der Waals surface area contributed by atoms with Crippen LogP contribution in [0, 0.1) is 5.41 Å². The average Bonchev–Trinajstić information content (AvgIpc) is 3.88. The van der Waals surface area contributed by atoms with E-state index < -0.39 is 0 Å². The Bertz CT molecular complexity index is 1600. The first-order valence-electron chi connectivity index (χ1n) is 16.2. The molecule has 3 aromatic rings. The molecule has 0 bridgehead atoms. The van der Waals surface area contributed by atoms with E-state index in [-0.39, 0.29) is 23.4 Å². The van der Waals surface area contributed by atoms with Crippen LogP contribution in [-0.4, -0.2) is 96.8 Å². The van der Waals surface area contributed by atoms with Gasteiger partial charge in [-0.15, -0.1) is 0 Å². The van der Waals surface area contributed by atoms with Gasteiger partial charge in [-0.05, 0) is 63.8 Å². The van der Waals surface area contributed by atoms with Crippen molar-refractivity contribution in [3.05, 3.63) is 65.3 Å². The van der Waals surface area contributed by atoms with Gasteiger partial charge in [0.1, 0.15) is 12.4 Å². The number of hydrogen-bond donors (Lipinski definition) is 0. The van der Waals surface area contributed by atoms with Crippen LogP contribution in [0.25, 0.3) is 10.8 Å². The molecule has 1 aromatic heterocycles. The van der Waals surface area contributed by atoms with Crippen LogP contribution < -0.4 is 14.5 Å². The maximum absolute atomic E-state index is 12.6. The highest BCUT2D eigenvalue weighted by Gasteiger charge is 2.43. The van der Waals surface area contributed by atoms with E-state index in [9.17, 15) is 4.79 Å². The van der Waals surface area contributed by atoms with Crippen LogP contribution in [0.4, 0.5) is 11.5 Å². The zero-order valence-corrected chi connectivity index (χ0v) is 27.3. The summed E-state index contributed by atoms with van der Waals surface area (Å²) in [5.41, 5.74) is 3.19. The number of benzene rings is 2. The van der Waals surface area contributed by atoms with Gasteiger partial charge in [0.15, 0.2) is 0 Å². The van der Waals surface area contributed by atoms with Gasteiger partial charge in [-0.3, -0.25) is 4.79 Å². The van der Waals surface area contributed by atoms with Gasteiger partial charge in [0.05, 0.1) is 35.9 Å². The first kappa shape index (κ1) is 30.3. The van der Waals surface area contributed by atoms with E-state index in [0.717, 1.165) is 58.1 Å². The molecule has 7 rings (SSSR count). The van der Waals surface area contributed by atoms with Crippen LogP contribution in [0.2, 0.25) is 5.02 Å². The molecule has 2 aromatic carbocycles. The third kappa shape index (κ3) is 5.86. The molecule has 0 spiro atoms. The van der Waals surface area contributed by atoms with Gasteiger partial charge in [0.25, 0.3) is 0 Å². The second-order valence-electron chi connectivity index (χ2n) is 13.5. The number of halogens is 1. The first-order chi connectivity index (χ1) is 21.7. The molecule has 4 aliphatic rings. The van der Waals surface area contributed by atoms with Crippen LogP contribution in [-0.2, 0) is 22.5 Å². The summed E-state index contributed by atoms with van der Waals surface area (Å²) in [6, 6.07) is 13.6. The van der Waals surface area contributed by atoms with Crippen molar-refractivity contribution < 1.29 is 14.3 Å². The molecule has 10 heteroatoms. The Morgan fingerprint density at radius 1 is 1.16 bits per heavy atom. The van der Waals surface area contributed by atoms with Gasteiger partial charge < -0.3 is 29.1 Å². The number of carbonyl (C=O) groups is 1. The lowest BCUT2D eigenvalue weighted by atomic mass is 9.86. The predicted molar refractivity (Wildman–Crippen MR) is 178 cm³/mol. The molecule has 45 heavy (non-hydrogen) atoms.